The van der Waals surface area contributed by atoms with E-state index in [1.807, 2.05) is 0 Å². The number of carbonyl (C=O) groups excluding carboxylic acids is 3. The number of hydrogen-bond acceptors (Lipinski definition) is 4. The molecule has 1 spiro atoms. The van der Waals surface area contributed by atoms with Gasteiger partial charge in [0.05, 0.1) is 5.56 Å². The summed E-state index contributed by atoms with van der Waals surface area (Å²) in [6.07, 6.45) is 2.23. The van der Waals surface area contributed by atoms with Crippen LogP contribution in [-0.4, -0.2) is 46.4 Å². The molecule has 4 amide bonds. The number of rotatable bonds is 1. The maximum Gasteiger partial charge on any atom is 0.322 e. The molecule has 2 saturated heterocycles. The lowest BCUT2D eigenvalue weighted by molar-refractivity contribution is -0.125. The van der Waals surface area contributed by atoms with Gasteiger partial charge in [0.25, 0.3) is 11.8 Å². The van der Waals surface area contributed by atoms with E-state index in [4.69, 9.17) is 11.6 Å². The molecule has 21 heavy (non-hydrogen) atoms. The fraction of sp³-hybridized carbons (Fsp3) is 0.385. The number of amides is 4. The van der Waals surface area contributed by atoms with Crippen molar-refractivity contribution < 1.29 is 14.4 Å². The molecular weight excluding hydrogens is 296 g/mol. The number of pyridine rings is 1. The molecule has 0 saturated carbocycles. The Kier molecular flexibility index (Phi) is 3.29. The molecule has 2 aliphatic rings. The highest BCUT2D eigenvalue weighted by molar-refractivity contribution is 6.29. The molecule has 0 bridgehead atoms. The quantitative estimate of drug-likeness (QED) is 0.585. The van der Waals surface area contributed by atoms with Crippen molar-refractivity contribution in [3.63, 3.8) is 0 Å². The fourth-order valence-electron chi connectivity index (χ4n) is 2.66. The summed E-state index contributed by atoms with van der Waals surface area (Å²) in [4.78, 5) is 40.9. The highest BCUT2D eigenvalue weighted by atomic mass is 35.5. The van der Waals surface area contributed by atoms with E-state index >= 15 is 0 Å². The highest BCUT2D eigenvalue weighted by Gasteiger charge is 2.48. The summed E-state index contributed by atoms with van der Waals surface area (Å²) >= 11 is 5.69. The third kappa shape index (κ3) is 2.44. The number of imide groups is 1. The molecule has 0 radical (unpaired) electrons. The standard InChI is InChI=1S/C13H13ClN4O3/c14-9-2-1-8(7-15-9)10(19)18-5-3-13(4-6-18)11(20)16-12(21)17-13/h1-2,7H,3-6H2,(H2,16,17,20,21). The Balaban J connectivity index is 1.68. The van der Waals surface area contributed by atoms with Gasteiger partial charge in [0.2, 0.25) is 0 Å². The van der Waals surface area contributed by atoms with Gasteiger partial charge in [0.15, 0.2) is 0 Å². The van der Waals surface area contributed by atoms with Crippen molar-refractivity contribution in [3.8, 4) is 0 Å². The van der Waals surface area contributed by atoms with Gasteiger partial charge in [0.1, 0.15) is 10.7 Å². The van der Waals surface area contributed by atoms with Gasteiger partial charge in [-0.25, -0.2) is 9.78 Å². The van der Waals surface area contributed by atoms with Crippen LogP contribution in [0.5, 0.6) is 0 Å². The molecule has 2 N–H and O–H groups in total. The predicted molar refractivity (Wildman–Crippen MR) is 73.8 cm³/mol. The van der Waals surface area contributed by atoms with Crippen molar-refractivity contribution in [2.75, 3.05) is 13.1 Å². The molecule has 7 nitrogen and oxygen atoms in total. The third-order valence-electron chi connectivity index (χ3n) is 3.89. The molecule has 0 aliphatic carbocycles. The van der Waals surface area contributed by atoms with Crippen LogP contribution < -0.4 is 10.6 Å². The molecule has 0 unspecified atom stereocenters. The van der Waals surface area contributed by atoms with E-state index in [9.17, 15) is 14.4 Å². The first kappa shape index (κ1) is 13.8. The predicted octanol–water partition coefficient (Wildman–Crippen LogP) is 0.549. The first-order valence-electron chi connectivity index (χ1n) is 6.55. The molecular formula is C13H13ClN4O3. The molecule has 110 valence electrons. The number of nitrogens with zero attached hydrogens (tertiary/aromatic N) is 2. The van der Waals surface area contributed by atoms with Gasteiger partial charge in [0, 0.05) is 19.3 Å². The molecule has 2 fully saturated rings. The van der Waals surface area contributed by atoms with Gasteiger partial charge in [-0.15, -0.1) is 0 Å². The monoisotopic (exact) mass is 308 g/mol. The van der Waals surface area contributed by atoms with Crippen molar-refractivity contribution in [2.24, 2.45) is 0 Å². The molecule has 1 aromatic heterocycles. The molecule has 1 aromatic rings. The average molecular weight is 309 g/mol. The van der Waals surface area contributed by atoms with Crippen LogP contribution in [0.4, 0.5) is 4.79 Å². The first-order valence-corrected chi connectivity index (χ1v) is 6.92. The Bertz CT molecular complexity index is 608. The number of halogens is 1. The Morgan fingerprint density at radius 2 is 2.00 bits per heavy atom. The van der Waals surface area contributed by atoms with E-state index < -0.39 is 11.6 Å². The molecule has 3 heterocycles. The second-order valence-electron chi connectivity index (χ2n) is 5.15. The van der Waals surface area contributed by atoms with Crippen molar-refractivity contribution in [1.29, 1.82) is 0 Å². The minimum Gasteiger partial charge on any atom is -0.338 e. The van der Waals surface area contributed by atoms with Crippen LogP contribution >= 0.6 is 11.6 Å². The van der Waals surface area contributed by atoms with Gasteiger partial charge >= 0.3 is 6.03 Å². The highest BCUT2D eigenvalue weighted by Crippen LogP contribution is 2.26. The van der Waals surface area contributed by atoms with Crippen LogP contribution in [0, 0.1) is 0 Å². The maximum atomic E-state index is 12.3. The number of piperidine rings is 1. The Labute approximate surface area is 125 Å². The minimum absolute atomic E-state index is 0.154. The van der Waals surface area contributed by atoms with Crippen LogP contribution in [0.15, 0.2) is 18.3 Å². The molecule has 3 rings (SSSR count). The van der Waals surface area contributed by atoms with Crippen LogP contribution in [0.1, 0.15) is 23.2 Å². The molecule has 2 aliphatic heterocycles. The van der Waals surface area contributed by atoms with Crippen LogP contribution in [-0.2, 0) is 4.79 Å². The van der Waals surface area contributed by atoms with E-state index in [-0.39, 0.29) is 11.8 Å². The largest absolute Gasteiger partial charge is 0.338 e. The summed E-state index contributed by atoms with van der Waals surface area (Å²) in [5, 5.41) is 5.23. The van der Waals surface area contributed by atoms with Gasteiger partial charge in [-0.05, 0) is 25.0 Å². The van der Waals surface area contributed by atoms with E-state index in [2.05, 4.69) is 15.6 Å². The summed E-state index contributed by atoms with van der Waals surface area (Å²) in [5.74, 6) is -0.466. The Morgan fingerprint density at radius 3 is 2.52 bits per heavy atom. The second-order valence-corrected chi connectivity index (χ2v) is 5.54. The number of aromatic nitrogens is 1. The SMILES string of the molecule is O=C1NC(=O)C2(CCN(C(=O)c3ccc(Cl)nc3)CC2)N1. The Morgan fingerprint density at radius 1 is 1.29 bits per heavy atom. The van der Waals surface area contributed by atoms with E-state index in [0.717, 1.165) is 0 Å². The fourth-order valence-corrected chi connectivity index (χ4v) is 2.77. The van der Waals surface area contributed by atoms with E-state index in [1.165, 1.54) is 6.20 Å². The average Bonchev–Trinajstić information content (AvgIpc) is 2.74. The minimum atomic E-state index is -0.869. The number of likely N-dealkylation sites (tertiary alicyclic amines) is 1. The van der Waals surface area contributed by atoms with Crippen molar-refractivity contribution in [3.05, 3.63) is 29.0 Å². The summed E-state index contributed by atoms with van der Waals surface area (Å²) in [6.45, 7) is 0.796. The lowest BCUT2D eigenvalue weighted by Crippen LogP contribution is -2.55. The van der Waals surface area contributed by atoms with Crippen molar-refractivity contribution >= 4 is 29.4 Å². The smallest absolute Gasteiger partial charge is 0.322 e. The lowest BCUT2D eigenvalue weighted by Gasteiger charge is -2.36. The van der Waals surface area contributed by atoms with Crippen LogP contribution in [0.25, 0.3) is 0 Å². The topological polar surface area (TPSA) is 91.4 Å². The number of carbonyl (C=O) groups is 3. The normalized spacial score (nSPS) is 20.3. The van der Waals surface area contributed by atoms with Gasteiger partial charge < -0.3 is 10.2 Å². The van der Waals surface area contributed by atoms with E-state index in [0.29, 0.717) is 36.6 Å². The number of nitrogens with one attached hydrogen (secondary N) is 2. The lowest BCUT2D eigenvalue weighted by atomic mass is 9.87. The van der Waals surface area contributed by atoms with Crippen molar-refractivity contribution in [1.82, 2.24) is 20.5 Å². The number of urea groups is 1. The van der Waals surface area contributed by atoms with Gasteiger partial charge in [-0.3, -0.25) is 14.9 Å². The zero-order valence-electron chi connectivity index (χ0n) is 11.1. The van der Waals surface area contributed by atoms with E-state index in [1.54, 1.807) is 17.0 Å². The van der Waals surface area contributed by atoms with Crippen LogP contribution in [0.2, 0.25) is 5.15 Å². The van der Waals surface area contributed by atoms with Crippen LogP contribution in [0.3, 0.4) is 0 Å². The Hall–Kier alpha value is -2.15. The first-order chi connectivity index (χ1) is 10.00. The molecule has 0 aromatic carbocycles. The van der Waals surface area contributed by atoms with Crippen molar-refractivity contribution in [2.45, 2.75) is 18.4 Å². The summed E-state index contributed by atoms with van der Waals surface area (Å²) < 4.78 is 0. The summed E-state index contributed by atoms with van der Waals surface area (Å²) in [7, 11) is 0. The number of hydrogen-bond donors (Lipinski definition) is 2. The zero-order valence-corrected chi connectivity index (χ0v) is 11.8. The second kappa shape index (κ2) is 5.00. The summed E-state index contributed by atoms with van der Waals surface area (Å²) in [5.41, 5.74) is -0.415. The zero-order chi connectivity index (χ0) is 15.0. The summed E-state index contributed by atoms with van der Waals surface area (Å²) in [6, 6.07) is 2.71. The third-order valence-corrected chi connectivity index (χ3v) is 4.12. The maximum absolute atomic E-state index is 12.3. The van der Waals surface area contributed by atoms with Gasteiger partial charge in [-0.2, -0.15) is 0 Å². The molecule has 8 heteroatoms. The van der Waals surface area contributed by atoms with Gasteiger partial charge in [-0.1, -0.05) is 11.6 Å². The molecule has 0 atom stereocenters.